The molecule has 1 N–H and O–H groups in total. The normalized spacial score (nSPS) is 14.3. The first-order chi connectivity index (χ1) is 9.17. The lowest BCUT2D eigenvalue weighted by Gasteiger charge is -2.21. The molecule has 0 saturated heterocycles. The van der Waals surface area contributed by atoms with Crippen LogP contribution in [-0.4, -0.2) is 35.1 Å². The molecule has 1 aliphatic carbocycles. The summed E-state index contributed by atoms with van der Waals surface area (Å²) in [6.45, 7) is 4.60. The van der Waals surface area contributed by atoms with Crippen LogP contribution in [0.2, 0.25) is 0 Å². The largest absolute Gasteiger partial charge is 0.483 e. The van der Waals surface area contributed by atoms with Crippen LogP contribution < -0.4 is 4.74 Å². The van der Waals surface area contributed by atoms with Gasteiger partial charge in [-0.1, -0.05) is 18.2 Å². The van der Waals surface area contributed by atoms with Crippen molar-refractivity contribution < 1.29 is 14.6 Å². The van der Waals surface area contributed by atoms with Crippen molar-refractivity contribution in [3.63, 3.8) is 0 Å². The van der Waals surface area contributed by atoms with Gasteiger partial charge < -0.3 is 14.7 Å². The van der Waals surface area contributed by atoms with Crippen LogP contribution in [0.1, 0.15) is 30.9 Å². The summed E-state index contributed by atoms with van der Waals surface area (Å²) >= 11 is 0. The molecule has 0 unspecified atom stereocenters. The average Bonchev–Trinajstić information content (AvgIpc) is 3.22. The van der Waals surface area contributed by atoms with Crippen molar-refractivity contribution in [1.29, 1.82) is 0 Å². The van der Waals surface area contributed by atoms with Gasteiger partial charge in [0.25, 0.3) is 5.91 Å². The van der Waals surface area contributed by atoms with E-state index in [0.717, 1.165) is 30.5 Å². The van der Waals surface area contributed by atoms with Crippen molar-refractivity contribution >= 4 is 5.91 Å². The first kappa shape index (κ1) is 13.9. The van der Waals surface area contributed by atoms with E-state index in [1.807, 2.05) is 36.9 Å². The fraction of sp³-hybridized carbons (Fsp3) is 0.533. The molecule has 19 heavy (non-hydrogen) atoms. The molecule has 104 valence electrons. The van der Waals surface area contributed by atoms with Crippen molar-refractivity contribution in [2.24, 2.45) is 0 Å². The van der Waals surface area contributed by atoms with Crippen LogP contribution in [0, 0.1) is 6.92 Å². The number of aliphatic hydroxyl groups excluding tert-OH is 1. The number of carbonyl (C=O) groups is 1. The molecule has 0 atom stereocenters. The lowest BCUT2D eigenvalue weighted by atomic mass is 10.1. The highest BCUT2D eigenvalue weighted by Crippen LogP contribution is 2.27. The SMILES string of the molecule is CCN(C(=O)COc1c(C)cccc1CO)C1CC1. The number of nitrogens with zero attached hydrogens (tertiary/aromatic N) is 1. The fourth-order valence-corrected chi connectivity index (χ4v) is 2.29. The van der Waals surface area contributed by atoms with E-state index in [1.165, 1.54) is 0 Å². The molecule has 1 aromatic rings. The number of hydrogen-bond donors (Lipinski definition) is 1. The molecule has 1 aromatic carbocycles. The van der Waals surface area contributed by atoms with Crippen molar-refractivity contribution in [2.45, 2.75) is 39.3 Å². The number of rotatable bonds is 6. The van der Waals surface area contributed by atoms with Crippen LogP contribution in [0.3, 0.4) is 0 Å². The highest BCUT2D eigenvalue weighted by Gasteiger charge is 2.31. The maximum atomic E-state index is 12.1. The summed E-state index contributed by atoms with van der Waals surface area (Å²) in [6, 6.07) is 6.01. The second kappa shape index (κ2) is 6.06. The summed E-state index contributed by atoms with van der Waals surface area (Å²) < 4.78 is 5.63. The van der Waals surface area contributed by atoms with E-state index in [4.69, 9.17) is 4.74 Å². The van der Waals surface area contributed by atoms with Gasteiger partial charge in [-0.05, 0) is 32.3 Å². The fourth-order valence-electron chi connectivity index (χ4n) is 2.29. The maximum absolute atomic E-state index is 12.1. The standard InChI is InChI=1S/C15H21NO3/c1-3-16(13-7-8-13)14(18)10-19-15-11(2)5-4-6-12(15)9-17/h4-6,13,17H,3,7-10H2,1-2H3. The lowest BCUT2D eigenvalue weighted by molar-refractivity contribution is -0.133. The maximum Gasteiger partial charge on any atom is 0.260 e. The third-order valence-corrected chi connectivity index (χ3v) is 3.45. The Bertz CT molecular complexity index is 455. The summed E-state index contributed by atoms with van der Waals surface area (Å²) in [4.78, 5) is 14.0. The summed E-state index contributed by atoms with van der Waals surface area (Å²) in [5.41, 5.74) is 1.66. The van der Waals surface area contributed by atoms with E-state index < -0.39 is 0 Å². The molecule has 0 heterocycles. The summed E-state index contributed by atoms with van der Waals surface area (Å²) in [5, 5.41) is 9.29. The first-order valence-corrected chi connectivity index (χ1v) is 6.79. The molecule has 1 fully saturated rings. The van der Waals surface area contributed by atoms with Crippen LogP contribution in [0.5, 0.6) is 5.75 Å². The van der Waals surface area contributed by atoms with E-state index in [9.17, 15) is 9.90 Å². The predicted molar refractivity (Wildman–Crippen MR) is 73.0 cm³/mol. The topological polar surface area (TPSA) is 49.8 Å². The van der Waals surface area contributed by atoms with Gasteiger partial charge in [0.1, 0.15) is 5.75 Å². The van der Waals surface area contributed by atoms with Crippen molar-refractivity contribution in [2.75, 3.05) is 13.2 Å². The summed E-state index contributed by atoms with van der Waals surface area (Å²) in [6.07, 6.45) is 2.21. The van der Waals surface area contributed by atoms with E-state index in [2.05, 4.69) is 0 Å². The van der Waals surface area contributed by atoms with E-state index >= 15 is 0 Å². The van der Waals surface area contributed by atoms with Gasteiger partial charge in [-0.15, -0.1) is 0 Å². The third kappa shape index (κ3) is 3.26. The highest BCUT2D eigenvalue weighted by atomic mass is 16.5. The monoisotopic (exact) mass is 263 g/mol. The van der Waals surface area contributed by atoms with E-state index in [1.54, 1.807) is 0 Å². The zero-order valence-electron chi connectivity index (χ0n) is 11.6. The van der Waals surface area contributed by atoms with Crippen molar-refractivity contribution in [3.8, 4) is 5.75 Å². The molecule has 1 amide bonds. The van der Waals surface area contributed by atoms with Gasteiger partial charge in [-0.25, -0.2) is 0 Å². The Morgan fingerprint density at radius 2 is 2.21 bits per heavy atom. The molecule has 0 spiro atoms. The number of aryl methyl sites for hydroxylation is 1. The molecule has 0 bridgehead atoms. The number of amides is 1. The minimum atomic E-state index is -0.0781. The number of carbonyl (C=O) groups excluding carboxylic acids is 1. The summed E-state index contributed by atoms with van der Waals surface area (Å²) in [7, 11) is 0. The lowest BCUT2D eigenvalue weighted by Crippen LogP contribution is -2.36. The van der Waals surface area contributed by atoms with Crippen LogP contribution in [0.25, 0.3) is 0 Å². The Kier molecular flexibility index (Phi) is 4.43. The van der Waals surface area contributed by atoms with Gasteiger partial charge in [0, 0.05) is 18.2 Å². The smallest absolute Gasteiger partial charge is 0.260 e. The number of likely N-dealkylation sites (N-methyl/N-ethyl adjacent to an activating group) is 1. The molecular formula is C15H21NO3. The van der Waals surface area contributed by atoms with Crippen LogP contribution in [0.4, 0.5) is 0 Å². The second-order valence-electron chi connectivity index (χ2n) is 4.92. The number of para-hydroxylation sites is 1. The average molecular weight is 263 g/mol. The molecule has 0 radical (unpaired) electrons. The molecule has 0 aliphatic heterocycles. The number of ether oxygens (including phenoxy) is 1. The second-order valence-corrected chi connectivity index (χ2v) is 4.92. The van der Waals surface area contributed by atoms with Crippen LogP contribution in [-0.2, 0) is 11.4 Å². The van der Waals surface area contributed by atoms with Gasteiger partial charge in [0.05, 0.1) is 6.61 Å². The number of benzene rings is 1. The van der Waals surface area contributed by atoms with Gasteiger partial charge in [0.15, 0.2) is 6.61 Å². The predicted octanol–water partition coefficient (Wildman–Crippen LogP) is 1.88. The molecule has 4 nitrogen and oxygen atoms in total. The zero-order chi connectivity index (χ0) is 13.8. The van der Waals surface area contributed by atoms with Crippen LogP contribution in [0.15, 0.2) is 18.2 Å². The molecular weight excluding hydrogens is 242 g/mol. The number of hydrogen-bond acceptors (Lipinski definition) is 3. The van der Waals surface area contributed by atoms with E-state index in [-0.39, 0.29) is 19.1 Å². The Morgan fingerprint density at radius 1 is 1.47 bits per heavy atom. The van der Waals surface area contributed by atoms with Crippen molar-refractivity contribution in [3.05, 3.63) is 29.3 Å². The molecule has 1 saturated carbocycles. The van der Waals surface area contributed by atoms with Gasteiger partial charge in [-0.2, -0.15) is 0 Å². The quantitative estimate of drug-likeness (QED) is 0.852. The zero-order valence-corrected chi connectivity index (χ0v) is 11.6. The summed E-state index contributed by atoms with van der Waals surface area (Å²) in [5.74, 6) is 0.655. The van der Waals surface area contributed by atoms with Gasteiger partial charge in [0.2, 0.25) is 0 Å². The van der Waals surface area contributed by atoms with Crippen molar-refractivity contribution in [1.82, 2.24) is 4.90 Å². The first-order valence-electron chi connectivity index (χ1n) is 6.79. The third-order valence-electron chi connectivity index (χ3n) is 3.45. The number of aliphatic hydroxyl groups is 1. The molecule has 1 aliphatic rings. The minimum absolute atomic E-state index is 0.0251. The molecule has 2 rings (SSSR count). The molecule has 4 heteroatoms. The van der Waals surface area contributed by atoms with E-state index in [0.29, 0.717) is 11.8 Å². The Balaban J connectivity index is 2.00. The molecule has 0 aromatic heterocycles. The van der Waals surface area contributed by atoms with Crippen LogP contribution >= 0.6 is 0 Å². The Hall–Kier alpha value is -1.55. The minimum Gasteiger partial charge on any atom is -0.483 e. The van der Waals surface area contributed by atoms with Gasteiger partial charge >= 0.3 is 0 Å². The Morgan fingerprint density at radius 3 is 2.79 bits per heavy atom. The Labute approximate surface area is 114 Å². The highest BCUT2D eigenvalue weighted by molar-refractivity contribution is 5.78. The van der Waals surface area contributed by atoms with Gasteiger partial charge in [-0.3, -0.25) is 4.79 Å².